The Labute approximate surface area is 159 Å². The van der Waals surface area contributed by atoms with Crippen molar-refractivity contribution in [3.8, 4) is 11.3 Å². The molecule has 1 amide bonds. The lowest BCUT2D eigenvalue weighted by molar-refractivity contribution is -0.384. The van der Waals surface area contributed by atoms with Crippen molar-refractivity contribution in [3.05, 3.63) is 75.2 Å². The largest absolute Gasteiger partial charge is 0.384 e. The van der Waals surface area contributed by atoms with Gasteiger partial charge in [-0.3, -0.25) is 20.2 Å². The molecule has 0 spiro atoms. The van der Waals surface area contributed by atoms with E-state index in [-0.39, 0.29) is 11.3 Å². The summed E-state index contributed by atoms with van der Waals surface area (Å²) in [6.07, 6.45) is 0.846. The number of hydrogen-bond acceptors (Lipinski definition) is 6. The Kier molecular flexibility index (Phi) is 5.90. The number of nitrogens with one attached hydrogen (secondary N) is 1. The number of non-ortho nitro benzene ring substituents is 1. The van der Waals surface area contributed by atoms with Crippen LogP contribution in [-0.2, 0) is 11.2 Å². The maximum atomic E-state index is 12.3. The van der Waals surface area contributed by atoms with Crippen molar-refractivity contribution in [2.45, 2.75) is 6.42 Å². The van der Waals surface area contributed by atoms with Crippen LogP contribution in [0.5, 0.6) is 0 Å². The number of rotatable bonds is 7. The molecule has 3 aromatic rings. The van der Waals surface area contributed by atoms with E-state index in [2.05, 4.69) is 10.3 Å². The highest BCUT2D eigenvalue weighted by atomic mass is 32.1. The van der Waals surface area contributed by atoms with E-state index in [4.69, 9.17) is 4.74 Å². The molecule has 0 saturated heterocycles. The average Bonchev–Trinajstić information content (AvgIpc) is 3.15. The zero-order chi connectivity index (χ0) is 19.2. The fourth-order valence-electron chi connectivity index (χ4n) is 2.46. The van der Waals surface area contributed by atoms with E-state index in [9.17, 15) is 14.9 Å². The number of ether oxygens (including phenoxy) is 1. The number of nitro benzene ring substituents is 1. The van der Waals surface area contributed by atoms with Gasteiger partial charge in [-0.15, -0.1) is 11.3 Å². The quantitative estimate of drug-likeness (QED) is 0.488. The number of methoxy groups -OCH3 is 1. The molecule has 0 bridgehead atoms. The van der Waals surface area contributed by atoms with Crippen molar-refractivity contribution in [2.24, 2.45) is 0 Å². The van der Waals surface area contributed by atoms with Crippen LogP contribution in [0.1, 0.15) is 15.9 Å². The van der Waals surface area contributed by atoms with E-state index in [0.29, 0.717) is 11.7 Å². The van der Waals surface area contributed by atoms with Gasteiger partial charge in [0.1, 0.15) is 0 Å². The topological polar surface area (TPSA) is 94.4 Å². The minimum absolute atomic E-state index is 0.129. The molecule has 2 aromatic carbocycles. The van der Waals surface area contributed by atoms with Crippen molar-refractivity contribution >= 4 is 28.1 Å². The second-order valence-electron chi connectivity index (χ2n) is 5.74. The number of benzene rings is 2. The first-order valence-corrected chi connectivity index (χ1v) is 9.04. The van der Waals surface area contributed by atoms with Crippen molar-refractivity contribution < 1.29 is 14.5 Å². The molecule has 0 unspecified atom stereocenters. The normalized spacial score (nSPS) is 10.6. The summed E-state index contributed by atoms with van der Waals surface area (Å²) >= 11 is 1.30. The fourth-order valence-corrected chi connectivity index (χ4v) is 3.17. The molecule has 0 radical (unpaired) electrons. The van der Waals surface area contributed by atoms with E-state index in [1.54, 1.807) is 7.11 Å². The van der Waals surface area contributed by atoms with Crippen LogP contribution in [-0.4, -0.2) is 29.5 Å². The maximum absolute atomic E-state index is 12.3. The lowest BCUT2D eigenvalue weighted by atomic mass is 10.1. The van der Waals surface area contributed by atoms with Gasteiger partial charge in [0.05, 0.1) is 17.2 Å². The monoisotopic (exact) mass is 383 g/mol. The molecule has 0 atom stereocenters. The van der Waals surface area contributed by atoms with Gasteiger partial charge in [0.2, 0.25) is 0 Å². The molecule has 3 rings (SSSR count). The molecule has 7 nitrogen and oxygen atoms in total. The van der Waals surface area contributed by atoms with Crippen molar-refractivity contribution in [2.75, 3.05) is 19.0 Å². The SMILES string of the molecule is COCCc1ccc(-c2csc(NC(=O)c3cccc([N+](=O)[O-])c3)n2)cc1. The Hall–Kier alpha value is -3.10. The predicted molar refractivity (Wildman–Crippen MR) is 104 cm³/mol. The van der Waals surface area contributed by atoms with Crippen LogP contribution in [0.3, 0.4) is 0 Å². The first-order chi connectivity index (χ1) is 13.1. The zero-order valence-electron chi connectivity index (χ0n) is 14.5. The van der Waals surface area contributed by atoms with Crippen LogP contribution in [0.15, 0.2) is 53.9 Å². The number of nitro groups is 1. The van der Waals surface area contributed by atoms with Gasteiger partial charge in [0.25, 0.3) is 11.6 Å². The Morgan fingerprint density at radius 2 is 2.04 bits per heavy atom. The lowest BCUT2D eigenvalue weighted by Crippen LogP contribution is -2.11. The summed E-state index contributed by atoms with van der Waals surface area (Å²) in [6.45, 7) is 0.671. The number of thiazole rings is 1. The number of nitrogens with zero attached hydrogens (tertiary/aromatic N) is 2. The van der Waals surface area contributed by atoms with Gasteiger partial charge < -0.3 is 4.74 Å². The second kappa shape index (κ2) is 8.52. The number of aromatic nitrogens is 1. The summed E-state index contributed by atoms with van der Waals surface area (Å²) < 4.78 is 5.07. The third-order valence-electron chi connectivity index (χ3n) is 3.89. The third-order valence-corrected chi connectivity index (χ3v) is 4.65. The van der Waals surface area contributed by atoms with Gasteiger partial charge in [-0.1, -0.05) is 30.3 Å². The molecule has 27 heavy (non-hydrogen) atoms. The fraction of sp³-hybridized carbons (Fsp3) is 0.158. The molecule has 1 heterocycles. The molecular weight excluding hydrogens is 366 g/mol. The molecule has 0 aliphatic carbocycles. The van der Waals surface area contributed by atoms with Gasteiger partial charge in [-0.05, 0) is 18.1 Å². The number of hydrogen-bond donors (Lipinski definition) is 1. The zero-order valence-corrected chi connectivity index (χ0v) is 15.4. The Balaban J connectivity index is 1.69. The molecule has 0 fully saturated rings. The van der Waals surface area contributed by atoms with Crippen LogP contribution in [0.4, 0.5) is 10.8 Å². The molecule has 0 aliphatic heterocycles. The van der Waals surface area contributed by atoms with Gasteiger partial charge >= 0.3 is 0 Å². The first kappa shape index (κ1) is 18.7. The van der Waals surface area contributed by atoms with Gasteiger partial charge in [-0.25, -0.2) is 4.98 Å². The summed E-state index contributed by atoms with van der Waals surface area (Å²) in [5, 5.41) is 15.8. The van der Waals surface area contributed by atoms with E-state index in [1.807, 2.05) is 29.6 Å². The number of amides is 1. The minimum atomic E-state index is -0.533. The molecule has 1 N–H and O–H groups in total. The van der Waals surface area contributed by atoms with Crippen LogP contribution < -0.4 is 5.32 Å². The van der Waals surface area contributed by atoms with E-state index >= 15 is 0 Å². The molecule has 1 aromatic heterocycles. The summed E-state index contributed by atoms with van der Waals surface area (Å²) in [5.41, 5.74) is 2.96. The maximum Gasteiger partial charge on any atom is 0.270 e. The van der Waals surface area contributed by atoms with E-state index in [1.165, 1.54) is 41.2 Å². The van der Waals surface area contributed by atoms with Crippen LogP contribution in [0, 0.1) is 10.1 Å². The summed E-state index contributed by atoms with van der Waals surface area (Å²) in [7, 11) is 1.67. The lowest BCUT2D eigenvalue weighted by Gasteiger charge is -2.03. The smallest absolute Gasteiger partial charge is 0.270 e. The van der Waals surface area contributed by atoms with Crippen LogP contribution >= 0.6 is 11.3 Å². The molecule has 0 aliphatic rings. The first-order valence-electron chi connectivity index (χ1n) is 8.16. The number of carbonyl (C=O) groups excluding carboxylic acids is 1. The Bertz CT molecular complexity index is 954. The Morgan fingerprint density at radius 3 is 2.74 bits per heavy atom. The standard InChI is InChI=1S/C19H17N3O4S/c1-26-10-9-13-5-7-14(8-6-13)17-12-27-19(20-17)21-18(23)15-3-2-4-16(11-15)22(24)25/h2-8,11-12H,9-10H2,1H3,(H,20,21,23). The van der Waals surface area contributed by atoms with Gasteiger partial charge in [-0.2, -0.15) is 0 Å². The highest BCUT2D eigenvalue weighted by Gasteiger charge is 2.13. The highest BCUT2D eigenvalue weighted by Crippen LogP contribution is 2.26. The summed E-state index contributed by atoms with van der Waals surface area (Å²) in [5.74, 6) is -0.436. The number of carbonyl (C=O) groups is 1. The molecule has 0 saturated carbocycles. The van der Waals surface area contributed by atoms with Crippen molar-refractivity contribution in [1.82, 2.24) is 4.98 Å². The van der Waals surface area contributed by atoms with Crippen molar-refractivity contribution in [3.63, 3.8) is 0 Å². The van der Waals surface area contributed by atoms with Crippen LogP contribution in [0.2, 0.25) is 0 Å². The predicted octanol–water partition coefficient (Wildman–Crippen LogP) is 4.16. The third kappa shape index (κ3) is 4.75. The highest BCUT2D eigenvalue weighted by molar-refractivity contribution is 7.14. The van der Waals surface area contributed by atoms with Crippen molar-refractivity contribution in [1.29, 1.82) is 0 Å². The van der Waals surface area contributed by atoms with E-state index in [0.717, 1.165) is 17.7 Å². The van der Waals surface area contributed by atoms with Crippen LogP contribution in [0.25, 0.3) is 11.3 Å². The Morgan fingerprint density at radius 1 is 1.26 bits per heavy atom. The van der Waals surface area contributed by atoms with Gasteiger partial charge in [0, 0.05) is 35.7 Å². The molecule has 8 heteroatoms. The second-order valence-corrected chi connectivity index (χ2v) is 6.60. The minimum Gasteiger partial charge on any atom is -0.384 e. The molecule has 138 valence electrons. The molecular formula is C19H17N3O4S. The average molecular weight is 383 g/mol. The summed E-state index contributed by atoms with van der Waals surface area (Å²) in [6, 6.07) is 13.6. The van der Waals surface area contributed by atoms with Gasteiger partial charge in [0.15, 0.2) is 5.13 Å². The summed E-state index contributed by atoms with van der Waals surface area (Å²) in [4.78, 5) is 27.0. The number of anilines is 1. The van der Waals surface area contributed by atoms with E-state index < -0.39 is 10.8 Å².